The van der Waals surface area contributed by atoms with E-state index in [-0.39, 0.29) is 31.4 Å². The van der Waals surface area contributed by atoms with Gasteiger partial charge in [0.25, 0.3) is 0 Å². The number of terminal acetylenes is 1. The van der Waals surface area contributed by atoms with Crippen molar-refractivity contribution >= 4 is 25.2 Å². The molecule has 0 amide bonds. The standard InChI is InChI=1S/C29H22O2Si3.22H2/c1-9-10-11-12-13-14-15-16-17-18-19-20-21-22-23-24-25-26-27-28-29-34(8,30-32(2,3)4)31-33(5,6)7;;;;;;;;;;;;;;;;;;;;;;/h1H,2-8H3;22*1H. The average Bonchev–Trinajstić information content (AvgIpc) is 2.69. The predicted molar refractivity (Wildman–Crippen MR) is 194 cm³/mol. The molecule has 34 heavy (non-hydrogen) atoms. The first-order valence-corrected chi connectivity index (χ1v) is 19.0. The van der Waals surface area contributed by atoms with Crippen LogP contribution < -0.4 is 0 Å². The molecule has 0 saturated carbocycles. The van der Waals surface area contributed by atoms with Crippen LogP contribution in [0.25, 0.3) is 0 Å². The molecule has 0 atom stereocenters. The van der Waals surface area contributed by atoms with Gasteiger partial charge >= 0.3 is 8.56 Å². The van der Waals surface area contributed by atoms with E-state index in [0.29, 0.717) is 0 Å². The van der Waals surface area contributed by atoms with E-state index in [0.717, 1.165) is 0 Å². The monoisotopic (exact) mass is 530 g/mol. The van der Waals surface area contributed by atoms with E-state index >= 15 is 0 Å². The summed E-state index contributed by atoms with van der Waals surface area (Å²) in [7, 11) is -6.21. The van der Waals surface area contributed by atoms with Gasteiger partial charge in [-0.05, 0) is 141 Å². The Labute approximate surface area is 241 Å². The van der Waals surface area contributed by atoms with Gasteiger partial charge in [0.2, 0.25) is 0 Å². The summed E-state index contributed by atoms with van der Waals surface area (Å²) in [5.41, 5.74) is 3.13. The van der Waals surface area contributed by atoms with Gasteiger partial charge in [0.05, 0.1) is 0 Å². The molecule has 0 rings (SSSR count). The smallest absolute Gasteiger partial charge is 0.401 e. The molecule has 0 heterocycles. The van der Waals surface area contributed by atoms with Crippen LogP contribution in [0.3, 0.4) is 0 Å². The summed E-state index contributed by atoms with van der Waals surface area (Å²) >= 11 is 0. The Balaban J connectivity index is -0.0000000236. The van der Waals surface area contributed by atoms with Gasteiger partial charge in [-0.25, -0.2) is 0 Å². The number of hydrogen-bond acceptors (Lipinski definition) is 2. The van der Waals surface area contributed by atoms with Gasteiger partial charge in [-0.1, -0.05) is 5.54 Å². The zero-order chi connectivity index (χ0) is 25.8. The molecule has 0 radical (unpaired) electrons. The summed E-state index contributed by atoms with van der Waals surface area (Å²) in [6.07, 6.45) is 4.94. The third-order valence-corrected chi connectivity index (χ3v) is 11.1. The fourth-order valence-corrected chi connectivity index (χ4v) is 12.5. The Bertz CT molecular complexity index is 1480. The highest BCUT2D eigenvalue weighted by Crippen LogP contribution is 2.19. The first-order valence-electron chi connectivity index (χ1n) is 9.86. The van der Waals surface area contributed by atoms with E-state index in [4.69, 9.17) is 14.7 Å². The zero-order valence-corrected chi connectivity index (χ0v) is 23.4. The van der Waals surface area contributed by atoms with E-state index in [1.54, 1.807) is 0 Å². The van der Waals surface area contributed by atoms with Crippen LogP contribution in [0, 0.1) is 130 Å². The second-order valence-corrected chi connectivity index (χ2v) is 20.2. The SMILES string of the molecule is C#CC#CC#CC#CC#CC#CC#CC#CC#CC#CC#C[Si](C)(O[Si](C)(C)C)O[Si](C)(C)C.[HH].[HH].[HH].[HH].[HH].[HH].[HH].[HH].[HH].[HH].[HH].[HH].[HH].[HH].[HH].[HH].[HH].[HH].[HH].[HH].[HH].[HH]. The van der Waals surface area contributed by atoms with E-state index in [1.807, 2.05) is 6.55 Å². The van der Waals surface area contributed by atoms with Crippen molar-refractivity contribution in [3.8, 4) is 130 Å². The third kappa shape index (κ3) is 21.0. The van der Waals surface area contributed by atoms with Crippen molar-refractivity contribution in [3.05, 3.63) is 0 Å². The van der Waals surface area contributed by atoms with Crippen LogP contribution >= 0.6 is 0 Å². The van der Waals surface area contributed by atoms with Gasteiger partial charge in [-0.15, -0.1) is 6.42 Å². The lowest BCUT2D eigenvalue weighted by molar-refractivity contribution is 0.406. The van der Waals surface area contributed by atoms with Gasteiger partial charge in [-0.2, -0.15) is 0 Å². The summed E-state index contributed by atoms with van der Waals surface area (Å²) in [5, 5.41) is 0. The highest BCUT2D eigenvalue weighted by Gasteiger charge is 2.39. The minimum Gasteiger partial charge on any atom is -0.428 e. The Kier molecular flexibility index (Phi) is 14.3. The molecule has 2 nitrogen and oxygen atoms in total. The summed E-state index contributed by atoms with van der Waals surface area (Å²) in [6.45, 7) is 14.7. The second kappa shape index (κ2) is 16.4. The lowest BCUT2D eigenvalue weighted by atomic mass is 10.4. The largest absolute Gasteiger partial charge is 0.428 e. The van der Waals surface area contributed by atoms with E-state index in [9.17, 15) is 0 Å². The number of hydrogen-bond donors (Lipinski definition) is 0. The highest BCUT2D eigenvalue weighted by molar-refractivity contribution is 6.91. The second-order valence-electron chi connectivity index (χ2n) is 8.02. The fourth-order valence-electron chi connectivity index (χ4n) is 1.95. The first-order chi connectivity index (χ1) is 16.0. The lowest BCUT2D eigenvalue weighted by Gasteiger charge is -2.34. The molecule has 0 aromatic rings. The maximum atomic E-state index is 6.28. The van der Waals surface area contributed by atoms with Crippen LogP contribution in [-0.2, 0) is 8.23 Å². The average molecular weight is 531 g/mol. The van der Waals surface area contributed by atoms with Crippen LogP contribution in [0.5, 0.6) is 0 Å². The number of rotatable bonds is 4. The Morgan fingerprint density at radius 3 is 0.882 bits per heavy atom. The van der Waals surface area contributed by atoms with Crippen LogP contribution in [-0.4, -0.2) is 25.2 Å². The van der Waals surface area contributed by atoms with Crippen molar-refractivity contribution in [2.45, 2.75) is 45.8 Å². The maximum absolute atomic E-state index is 6.28. The van der Waals surface area contributed by atoms with E-state index in [1.165, 1.54) is 0 Å². The molecule has 0 aliphatic heterocycles. The lowest BCUT2D eigenvalue weighted by Crippen LogP contribution is -2.52. The molecule has 0 unspecified atom stereocenters. The molecule has 5 heteroatoms. The van der Waals surface area contributed by atoms with Crippen LogP contribution in [0.15, 0.2) is 0 Å². The molecule has 0 aliphatic rings. The fraction of sp³-hybridized carbons (Fsp3) is 0.241. The third-order valence-electron chi connectivity index (χ3n) is 2.49. The minimum atomic E-state index is -2.61. The molecular formula is C29H66O2Si3. The van der Waals surface area contributed by atoms with Crippen LogP contribution in [0.4, 0.5) is 0 Å². The van der Waals surface area contributed by atoms with Crippen molar-refractivity contribution in [3.63, 3.8) is 0 Å². The maximum Gasteiger partial charge on any atom is 0.401 e. The van der Waals surface area contributed by atoms with Crippen LogP contribution in [0.1, 0.15) is 31.4 Å². The summed E-state index contributed by atoms with van der Waals surface area (Å²) in [5.74, 6) is 50.5. The normalized spacial score (nSPS) is 8.06. The Hall–Kier alpha value is -4.27. The zero-order valence-electron chi connectivity index (χ0n) is 20.4. The van der Waals surface area contributed by atoms with Gasteiger partial charge < -0.3 is 8.23 Å². The molecule has 0 fully saturated rings. The molecule has 0 bridgehead atoms. The molecule has 0 aliphatic carbocycles. The van der Waals surface area contributed by atoms with Gasteiger partial charge in [0, 0.05) is 55.1 Å². The Morgan fingerprint density at radius 1 is 0.412 bits per heavy atom. The molecule has 0 spiro atoms. The first kappa shape index (κ1) is 29.7. The van der Waals surface area contributed by atoms with Crippen molar-refractivity contribution in [1.82, 2.24) is 0 Å². The highest BCUT2D eigenvalue weighted by atomic mass is 28.5. The van der Waals surface area contributed by atoms with E-state index < -0.39 is 25.2 Å². The van der Waals surface area contributed by atoms with Gasteiger partial charge in [-0.3, -0.25) is 0 Å². The predicted octanol–water partition coefficient (Wildman–Crippen LogP) is 8.38. The molecule has 0 N–H and O–H groups in total. The topological polar surface area (TPSA) is 18.5 Å². The molecule has 0 saturated heterocycles. The van der Waals surface area contributed by atoms with Crippen LogP contribution in [0.2, 0.25) is 45.8 Å². The molecule has 206 valence electrons. The van der Waals surface area contributed by atoms with Gasteiger partial charge in [0.15, 0.2) is 16.6 Å². The van der Waals surface area contributed by atoms with Crippen molar-refractivity contribution < 1.29 is 39.6 Å². The van der Waals surface area contributed by atoms with Crippen molar-refractivity contribution in [1.29, 1.82) is 0 Å². The molecular weight excluding hydrogens is 465 g/mol. The van der Waals surface area contributed by atoms with Crippen molar-refractivity contribution in [2.75, 3.05) is 0 Å². The minimum absolute atomic E-state index is 0. The summed E-state index contributed by atoms with van der Waals surface area (Å²) in [6, 6.07) is 0. The van der Waals surface area contributed by atoms with Crippen molar-refractivity contribution in [2.24, 2.45) is 0 Å². The Morgan fingerprint density at radius 2 is 0.647 bits per heavy atom. The summed E-state index contributed by atoms with van der Waals surface area (Å²) in [4.78, 5) is 0. The molecule has 0 aromatic carbocycles. The van der Waals surface area contributed by atoms with E-state index in [2.05, 4.69) is 163 Å². The quantitative estimate of drug-likeness (QED) is 0.268. The van der Waals surface area contributed by atoms with Gasteiger partial charge in [0.1, 0.15) is 0 Å². The molecule has 0 aromatic heterocycles. The summed E-state index contributed by atoms with van der Waals surface area (Å²) < 4.78 is 12.6.